The normalized spacial score (nSPS) is 17.8. The molecule has 11 heavy (non-hydrogen) atoms. The van der Waals surface area contributed by atoms with E-state index in [9.17, 15) is 0 Å². The second kappa shape index (κ2) is 3.61. The summed E-state index contributed by atoms with van der Waals surface area (Å²) in [5, 5.41) is 3.40. The molecule has 1 heteroatoms. The molecule has 62 valence electrons. The van der Waals surface area contributed by atoms with Crippen LogP contribution in [-0.2, 0) is 0 Å². The van der Waals surface area contributed by atoms with Crippen molar-refractivity contribution in [2.45, 2.75) is 39.7 Å². The number of hydrogen-bond acceptors (Lipinski definition) is 1. The Morgan fingerprint density at radius 1 is 1.45 bits per heavy atom. The standard InChI is InChI=1S/C10H17N/c1-8(2)11-10-6-4-5-9(3)7-10/h6-8,11H,4-5H2,1-3H3. The zero-order valence-electron chi connectivity index (χ0n) is 7.65. The van der Waals surface area contributed by atoms with Crippen molar-refractivity contribution in [2.24, 2.45) is 0 Å². The van der Waals surface area contributed by atoms with Crippen molar-refractivity contribution < 1.29 is 0 Å². The Bertz CT molecular complexity index is 187. The molecular weight excluding hydrogens is 134 g/mol. The molecule has 0 radical (unpaired) electrons. The SMILES string of the molecule is CC1=CC(NC(C)C)=CCC1. The Labute approximate surface area is 69.2 Å². The molecule has 0 aromatic carbocycles. The van der Waals surface area contributed by atoms with Crippen LogP contribution in [0.15, 0.2) is 23.4 Å². The fourth-order valence-electron chi connectivity index (χ4n) is 1.29. The lowest BCUT2D eigenvalue weighted by Crippen LogP contribution is -2.21. The van der Waals surface area contributed by atoms with Crippen molar-refractivity contribution in [2.75, 3.05) is 0 Å². The highest BCUT2D eigenvalue weighted by molar-refractivity contribution is 5.25. The minimum Gasteiger partial charge on any atom is -0.383 e. The van der Waals surface area contributed by atoms with E-state index in [1.165, 1.54) is 24.1 Å². The van der Waals surface area contributed by atoms with Gasteiger partial charge in [-0.3, -0.25) is 0 Å². The predicted molar refractivity (Wildman–Crippen MR) is 49.3 cm³/mol. The quantitative estimate of drug-likeness (QED) is 0.639. The molecule has 0 atom stereocenters. The molecule has 0 saturated heterocycles. The molecular formula is C10H17N. The highest BCUT2D eigenvalue weighted by Crippen LogP contribution is 2.14. The second-order valence-corrected chi connectivity index (χ2v) is 3.49. The zero-order valence-corrected chi connectivity index (χ0v) is 7.65. The lowest BCUT2D eigenvalue weighted by molar-refractivity contribution is 0.672. The fourth-order valence-corrected chi connectivity index (χ4v) is 1.29. The van der Waals surface area contributed by atoms with E-state index >= 15 is 0 Å². The summed E-state index contributed by atoms with van der Waals surface area (Å²) >= 11 is 0. The summed E-state index contributed by atoms with van der Waals surface area (Å²) < 4.78 is 0. The van der Waals surface area contributed by atoms with Crippen LogP contribution in [0.4, 0.5) is 0 Å². The summed E-state index contributed by atoms with van der Waals surface area (Å²) in [7, 11) is 0. The van der Waals surface area contributed by atoms with Crippen LogP contribution in [0.3, 0.4) is 0 Å². The molecule has 0 heterocycles. The molecule has 0 amide bonds. The van der Waals surface area contributed by atoms with Crippen LogP contribution in [0, 0.1) is 0 Å². The van der Waals surface area contributed by atoms with E-state index in [2.05, 4.69) is 38.2 Å². The van der Waals surface area contributed by atoms with E-state index in [0.29, 0.717) is 6.04 Å². The van der Waals surface area contributed by atoms with E-state index in [-0.39, 0.29) is 0 Å². The number of allylic oxidation sites excluding steroid dienone is 3. The average Bonchev–Trinajstić information content (AvgIpc) is 1.85. The predicted octanol–water partition coefficient (Wildman–Crippen LogP) is 2.61. The average molecular weight is 151 g/mol. The summed E-state index contributed by atoms with van der Waals surface area (Å²) in [5.41, 5.74) is 2.78. The third kappa shape index (κ3) is 2.79. The summed E-state index contributed by atoms with van der Waals surface area (Å²) in [6.45, 7) is 6.52. The van der Waals surface area contributed by atoms with Crippen molar-refractivity contribution in [3.63, 3.8) is 0 Å². The minimum absolute atomic E-state index is 0.545. The molecule has 0 fully saturated rings. The van der Waals surface area contributed by atoms with Crippen LogP contribution in [0.25, 0.3) is 0 Å². The van der Waals surface area contributed by atoms with Crippen LogP contribution in [0.5, 0.6) is 0 Å². The largest absolute Gasteiger partial charge is 0.383 e. The highest BCUT2D eigenvalue weighted by Gasteiger charge is 2.01. The van der Waals surface area contributed by atoms with Crippen molar-refractivity contribution in [3.8, 4) is 0 Å². The van der Waals surface area contributed by atoms with Crippen LogP contribution in [0.2, 0.25) is 0 Å². The first kappa shape index (κ1) is 8.38. The van der Waals surface area contributed by atoms with Gasteiger partial charge in [-0.15, -0.1) is 0 Å². The Balaban J connectivity index is 2.52. The van der Waals surface area contributed by atoms with Crippen LogP contribution in [0.1, 0.15) is 33.6 Å². The molecule has 0 aromatic rings. The van der Waals surface area contributed by atoms with Crippen molar-refractivity contribution in [1.29, 1.82) is 0 Å². The van der Waals surface area contributed by atoms with Gasteiger partial charge in [0.15, 0.2) is 0 Å². The third-order valence-corrected chi connectivity index (χ3v) is 1.76. The van der Waals surface area contributed by atoms with Gasteiger partial charge >= 0.3 is 0 Å². The first-order valence-corrected chi connectivity index (χ1v) is 4.32. The van der Waals surface area contributed by atoms with Gasteiger partial charge in [-0.05, 0) is 39.7 Å². The van der Waals surface area contributed by atoms with Gasteiger partial charge in [0, 0.05) is 11.7 Å². The van der Waals surface area contributed by atoms with Crippen LogP contribution < -0.4 is 5.32 Å². The number of hydrogen-bond donors (Lipinski definition) is 1. The monoisotopic (exact) mass is 151 g/mol. The van der Waals surface area contributed by atoms with Crippen molar-refractivity contribution in [1.82, 2.24) is 5.32 Å². The van der Waals surface area contributed by atoms with E-state index < -0.39 is 0 Å². The van der Waals surface area contributed by atoms with Gasteiger partial charge in [0.05, 0.1) is 0 Å². The van der Waals surface area contributed by atoms with Gasteiger partial charge in [-0.1, -0.05) is 11.6 Å². The zero-order chi connectivity index (χ0) is 8.27. The van der Waals surface area contributed by atoms with Gasteiger partial charge in [0.2, 0.25) is 0 Å². The molecule has 0 aliphatic heterocycles. The molecule has 1 N–H and O–H groups in total. The molecule has 0 spiro atoms. The summed E-state index contributed by atoms with van der Waals surface area (Å²) in [5.74, 6) is 0. The number of rotatable bonds is 2. The van der Waals surface area contributed by atoms with Gasteiger partial charge in [0.1, 0.15) is 0 Å². The molecule has 0 bridgehead atoms. The topological polar surface area (TPSA) is 12.0 Å². The molecule has 0 aromatic heterocycles. The van der Waals surface area contributed by atoms with Gasteiger partial charge in [0.25, 0.3) is 0 Å². The summed E-state index contributed by atoms with van der Waals surface area (Å²) in [4.78, 5) is 0. The highest BCUT2D eigenvalue weighted by atomic mass is 14.9. The Morgan fingerprint density at radius 3 is 2.73 bits per heavy atom. The van der Waals surface area contributed by atoms with Gasteiger partial charge in [-0.2, -0.15) is 0 Å². The lowest BCUT2D eigenvalue weighted by Gasteiger charge is -2.15. The smallest absolute Gasteiger partial charge is 0.0301 e. The second-order valence-electron chi connectivity index (χ2n) is 3.49. The molecule has 1 aliphatic rings. The Kier molecular flexibility index (Phi) is 2.75. The van der Waals surface area contributed by atoms with Crippen LogP contribution >= 0.6 is 0 Å². The molecule has 1 aliphatic carbocycles. The summed E-state index contributed by atoms with van der Waals surface area (Å²) in [6, 6.07) is 0.545. The fraction of sp³-hybridized carbons (Fsp3) is 0.600. The maximum atomic E-state index is 3.40. The summed E-state index contributed by atoms with van der Waals surface area (Å²) in [6.07, 6.45) is 6.93. The van der Waals surface area contributed by atoms with Crippen molar-refractivity contribution in [3.05, 3.63) is 23.4 Å². The Hall–Kier alpha value is -0.720. The molecule has 1 nitrogen and oxygen atoms in total. The number of nitrogens with one attached hydrogen (secondary N) is 1. The van der Waals surface area contributed by atoms with Gasteiger partial charge < -0.3 is 5.32 Å². The molecule has 0 unspecified atom stereocenters. The maximum Gasteiger partial charge on any atom is 0.0301 e. The lowest BCUT2D eigenvalue weighted by atomic mass is 10.0. The minimum atomic E-state index is 0.545. The van der Waals surface area contributed by atoms with E-state index in [1.807, 2.05) is 0 Å². The van der Waals surface area contributed by atoms with Crippen LogP contribution in [-0.4, -0.2) is 6.04 Å². The first-order valence-electron chi connectivity index (χ1n) is 4.32. The Morgan fingerprint density at radius 2 is 2.18 bits per heavy atom. The van der Waals surface area contributed by atoms with Gasteiger partial charge in [-0.25, -0.2) is 0 Å². The third-order valence-electron chi connectivity index (χ3n) is 1.76. The van der Waals surface area contributed by atoms with E-state index in [1.54, 1.807) is 0 Å². The maximum absolute atomic E-state index is 3.40. The van der Waals surface area contributed by atoms with E-state index in [4.69, 9.17) is 0 Å². The van der Waals surface area contributed by atoms with Crippen molar-refractivity contribution >= 4 is 0 Å². The first-order chi connectivity index (χ1) is 5.18. The molecule has 1 rings (SSSR count). The van der Waals surface area contributed by atoms with E-state index in [0.717, 1.165) is 0 Å². The molecule has 0 saturated carbocycles.